The molecule has 0 spiro atoms. The molecule has 6 heteroatoms. The third-order valence-electron chi connectivity index (χ3n) is 3.93. The number of ketones is 1. The Bertz CT molecular complexity index is 945. The van der Waals surface area contributed by atoms with E-state index in [1.165, 1.54) is 4.40 Å². The Kier molecular flexibility index (Phi) is 3.04. The molecular formula is C17H11F2N3O. The van der Waals surface area contributed by atoms with Crippen molar-refractivity contribution in [3.05, 3.63) is 65.1 Å². The van der Waals surface area contributed by atoms with Gasteiger partial charge in [-0.05, 0) is 23.3 Å². The third kappa shape index (κ3) is 2.14. The van der Waals surface area contributed by atoms with Crippen LogP contribution >= 0.6 is 0 Å². The molecule has 4 nitrogen and oxygen atoms in total. The van der Waals surface area contributed by atoms with Crippen molar-refractivity contribution in [2.75, 3.05) is 0 Å². The summed E-state index contributed by atoms with van der Waals surface area (Å²) in [6, 6.07) is 12.5. The van der Waals surface area contributed by atoms with E-state index in [1.807, 2.05) is 30.3 Å². The molecule has 1 aliphatic rings. The first-order valence-electron chi connectivity index (χ1n) is 7.10. The van der Waals surface area contributed by atoms with Gasteiger partial charge < -0.3 is 0 Å². The summed E-state index contributed by atoms with van der Waals surface area (Å²) < 4.78 is 27.7. The molecule has 0 fully saturated rings. The van der Waals surface area contributed by atoms with Gasteiger partial charge >= 0.3 is 0 Å². The molecule has 0 unspecified atom stereocenters. The van der Waals surface area contributed by atoms with Crippen LogP contribution in [-0.4, -0.2) is 20.4 Å². The van der Waals surface area contributed by atoms with Gasteiger partial charge in [0.15, 0.2) is 11.4 Å². The monoisotopic (exact) mass is 311 g/mol. The summed E-state index contributed by atoms with van der Waals surface area (Å²) in [5, 5.41) is 7.35. The van der Waals surface area contributed by atoms with Crippen molar-refractivity contribution in [2.24, 2.45) is 0 Å². The Morgan fingerprint density at radius 3 is 2.57 bits per heavy atom. The third-order valence-corrected chi connectivity index (χ3v) is 3.93. The first-order valence-corrected chi connectivity index (χ1v) is 7.10. The Morgan fingerprint density at radius 1 is 1.04 bits per heavy atom. The second-order valence-electron chi connectivity index (χ2n) is 5.32. The van der Waals surface area contributed by atoms with Gasteiger partial charge in [-0.3, -0.25) is 9.20 Å². The second kappa shape index (κ2) is 5.08. The number of alkyl halides is 2. The maximum Gasteiger partial charge on any atom is 0.297 e. The predicted molar refractivity (Wildman–Crippen MR) is 81.0 cm³/mol. The van der Waals surface area contributed by atoms with Crippen LogP contribution in [0.3, 0.4) is 0 Å². The van der Waals surface area contributed by atoms with E-state index in [-0.39, 0.29) is 12.2 Å². The molecule has 1 aromatic carbocycles. The Hall–Kier alpha value is -2.89. The van der Waals surface area contributed by atoms with E-state index in [0.717, 1.165) is 5.56 Å². The Morgan fingerprint density at radius 2 is 1.83 bits per heavy atom. The number of Topliss-reactive ketones (excluding diaryl/α,β-unsaturated/α-hetero) is 1. The summed E-state index contributed by atoms with van der Waals surface area (Å²) in [4.78, 5) is 12.4. The lowest BCUT2D eigenvalue weighted by Crippen LogP contribution is -2.15. The highest BCUT2D eigenvalue weighted by molar-refractivity contribution is 6.27. The molecule has 2 heterocycles. The smallest absolute Gasteiger partial charge is 0.294 e. The van der Waals surface area contributed by atoms with Crippen molar-refractivity contribution in [3.8, 4) is 0 Å². The molecule has 0 amide bonds. The van der Waals surface area contributed by atoms with Crippen LogP contribution in [-0.2, 0) is 11.2 Å². The zero-order valence-corrected chi connectivity index (χ0v) is 11.9. The van der Waals surface area contributed by atoms with Gasteiger partial charge in [0.05, 0.1) is 5.69 Å². The van der Waals surface area contributed by atoms with E-state index >= 15 is 0 Å². The SMILES string of the molecule is O=C1Cc2ccc3nnc(C(F)F)n3c2C=C1c1ccccc1. The quantitative estimate of drug-likeness (QED) is 0.729. The van der Waals surface area contributed by atoms with Gasteiger partial charge in [-0.1, -0.05) is 36.4 Å². The van der Waals surface area contributed by atoms with Crippen molar-refractivity contribution in [1.82, 2.24) is 14.6 Å². The lowest BCUT2D eigenvalue weighted by molar-refractivity contribution is -0.113. The van der Waals surface area contributed by atoms with Gasteiger partial charge in [0.1, 0.15) is 0 Å². The number of pyridine rings is 1. The summed E-state index contributed by atoms with van der Waals surface area (Å²) >= 11 is 0. The first-order chi connectivity index (χ1) is 11.1. The van der Waals surface area contributed by atoms with Gasteiger partial charge in [-0.15, -0.1) is 10.2 Å². The topological polar surface area (TPSA) is 47.3 Å². The van der Waals surface area contributed by atoms with E-state index in [2.05, 4.69) is 10.2 Å². The molecule has 2 aromatic heterocycles. The number of hydrogen-bond acceptors (Lipinski definition) is 3. The number of hydrogen-bond donors (Lipinski definition) is 0. The fraction of sp³-hybridized carbons (Fsp3) is 0.118. The average Bonchev–Trinajstić information content (AvgIpc) is 2.99. The molecule has 0 N–H and O–H groups in total. The molecular weight excluding hydrogens is 300 g/mol. The normalized spacial score (nSPS) is 14.2. The lowest BCUT2D eigenvalue weighted by Gasteiger charge is -2.17. The summed E-state index contributed by atoms with van der Waals surface area (Å²) in [6.45, 7) is 0. The van der Waals surface area contributed by atoms with Crippen molar-refractivity contribution in [3.63, 3.8) is 0 Å². The minimum absolute atomic E-state index is 0.0327. The summed E-state index contributed by atoms with van der Waals surface area (Å²) in [6.07, 6.45) is -0.909. The zero-order valence-electron chi connectivity index (χ0n) is 11.9. The van der Waals surface area contributed by atoms with Gasteiger partial charge in [-0.25, -0.2) is 8.78 Å². The number of aromatic nitrogens is 3. The maximum absolute atomic E-state index is 13.2. The van der Waals surface area contributed by atoms with Crippen molar-refractivity contribution < 1.29 is 13.6 Å². The molecule has 1 aliphatic carbocycles. The Labute approximate surface area is 130 Å². The highest BCUT2D eigenvalue weighted by atomic mass is 19.3. The minimum atomic E-state index is -2.73. The summed E-state index contributed by atoms with van der Waals surface area (Å²) in [7, 11) is 0. The van der Waals surface area contributed by atoms with Gasteiger partial charge in [-0.2, -0.15) is 0 Å². The number of halogens is 2. The number of allylic oxidation sites excluding steroid dienone is 1. The van der Waals surface area contributed by atoms with E-state index in [4.69, 9.17) is 0 Å². The summed E-state index contributed by atoms with van der Waals surface area (Å²) in [5.74, 6) is -0.440. The van der Waals surface area contributed by atoms with Crippen LogP contribution in [0, 0.1) is 0 Å². The highest BCUT2D eigenvalue weighted by Gasteiger charge is 2.25. The summed E-state index contributed by atoms with van der Waals surface area (Å²) in [5.41, 5.74) is 2.87. The zero-order chi connectivity index (χ0) is 16.0. The number of nitrogens with zero attached hydrogens (tertiary/aromatic N) is 3. The van der Waals surface area contributed by atoms with Crippen LogP contribution in [0.1, 0.15) is 29.1 Å². The fourth-order valence-corrected chi connectivity index (χ4v) is 2.86. The van der Waals surface area contributed by atoms with Crippen LogP contribution < -0.4 is 0 Å². The lowest BCUT2D eigenvalue weighted by atomic mass is 9.90. The maximum atomic E-state index is 13.2. The van der Waals surface area contributed by atoms with Crippen molar-refractivity contribution in [2.45, 2.75) is 12.8 Å². The van der Waals surface area contributed by atoms with Crippen LogP contribution in [0.4, 0.5) is 8.78 Å². The largest absolute Gasteiger partial charge is 0.297 e. The van der Waals surface area contributed by atoms with E-state index < -0.39 is 12.2 Å². The molecule has 4 rings (SSSR count). The van der Waals surface area contributed by atoms with Crippen LogP contribution in [0.5, 0.6) is 0 Å². The molecule has 3 aromatic rings. The standard InChI is InChI=1S/C17H11F2N3O/c18-16(19)17-21-20-15-7-6-11-8-14(23)12(9-13(11)22(15)17)10-4-2-1-3-5-10/h1-7,9,16H,8H2. The minimum Gasteiger partial charge on any atom is -0.294 e. The predicted octanol–water partition coefficient (Wildman–Crippen LogP) is 3.33. The molecule has 0 radical (unpaired) electrons. The highest BCUT2D eigenvalue weighted by Crippen LogP contribution is 2.30. The van der Waals surface area contributed by atoms with Gasteiger partial charge in [0, 0.05) is 12.0 Å². The van der Waals surface area contributed by atoms with Crippen LogP contribution in [0.15, 0.2) is 42.5 Å². The number of benzene rings is 1. The number of fused-ring (bicyclic) bond motifs is 3. The molecule has 23 heavy (non-hydrogen) atoms. The molecule has 0 atom stereocenters. The van der Waals surface area contributed by atoms with Gasteiger partial charge in [0.2, 0.25) is 5.82 Å². The van der Waals surface area contributed by atoms with E-state index in [0.29, 0.717) is 22.5 Å². The van der Waals surface area contributed by atoms with Crippen molar-refractivity contribution >= 4 is 23.1 Å². The molecule has 0 saturated carbocycles. The molecule has 114 valence electrons. The second-order valence-corrected chi connectivity index (χ2v) is 5.32. The van der Waals surface area contributed by atoms with Crippen molar-refractivity contribution in [1.29, 1.82) is 0 Å². The van der Waals surface area contributed by atoms with Gasteiger partial charge in [0.25, 0.3) is 6.43 Å². The number of carbonyl (C=O) groups excluding carboxylic acids is 1. The molecule has 0 aliphatic heterocycles. The van der Waals surface area contributed by atoms with Crippen LogP contribution in [0.2, 0.25) is 0 Å². The average molecular weight is 311 g/mol. The molecule has 0 saturated heterocycles. The van der Waals surface area contributed by atoms with Crippen LogP contribution in [0.25, 0.3) is 17.3 Å². The fourth-order valence-electron chi connectivity index (χ4n) is 2.86. The number of carbonyl (C=O) groups is 1. The van der Waals surface area contributed by atoms with E-state index in [9.17, 15) is 13.6 Å². The first kappa shape index (κ1) is 13.8. The van der Waals surface area contributed by atoms with E-state index in [1.54, 1.807) is 18.2 Å². The Balaban J connectivity index is 1.99. The number of rotatable bonds is 2. The molecule has 0 bridgehead atoms.